The van der Waals surface area contributed by atoms with Crippen LogP contribution in [0.25, 0.3) is 16.8 Å². The zero-order valence-electron chi connectivity index (χ0n) is 16.0. The van der Waals surface area contributed by atoms with Gasteiger partial charge < -0.3 is 19.4 Å². The highest BCUT2D eigenvalue weighted by molar-refractivity contribution is 5.71. The van der Waals surface area contributed by atoms with E-state index in [1.165, 1.54) is 19.4 Å². The van der Waals surface area contributed by atoms with Crippen LogP contribution in [0.4, 0.5) is 19.0 Å². The normalized spacial score (nSPS) is 21.3. The predicted molar refractivity (Wildman–Crippen MR) is 102 cm³/mol. The molecular weight excluding hydrogens is 383 g/mol. The van der Waals surface area contributed by atoms with Gasteiger partial charge in [-0.1, -0.05) is 0 Å². The smallest absolute Gasteiger partial charge is 0.419 e. The Morgan fingerprint density at radius 2 is 2.03 bits per heavy atom. The number of alkyl halides is 3. The molecule has 6 nitrogen and oxygen atoms in total. The second-order valence-corrected chi connectivity index (χ2v) is 7.65. The fraction of sp³-hybridized carbons (Fsp3) is 0.400. The van der Waals surface area contributed by atoms with Gasteiger partial charge in [-0.15, -0.1) is 0 Å². The lowest BCUT2D eigenvalue weighted by Gasteiger charge is -2.30. The second kappa shape index (κ2) is 6.35. The van der Waals surface area contributed by atoms with E-state index in [1.54, 1.807) is 21.6 Å². The molecule has 2 aliphatic rings. The van der Waals surface area contributed by atoms with Crippen LogP contribution >= 0.6 is 0 Å². The van der Waals surface area contributed by atoms with Crippen molar-refractivity contribution in [3.63, 3.8) is 0 Å². The minimum Gasteiger partial charge on any atom is -0.493 e. The first-order valence-electron chi connectivity index (χ1n) is 9.44. The lowest BCUT2D eigenvalue weighted by atomic mass is 10.1. The summed E-state index contributed by atoms with van der Waals surface area (Å²) in [7, 11) is 1.52. The topological polar surface area (TPSA) is 54.7 Å². The van der Waals surface area contributed by atoms with Crippen molar-refractivity contribution >= 4 is 11.5 Å². The van der Waals surface area contributed by atoms with E-state index in [0.29, 0.717) is 35.6 Å². The van der Waals surface area contributed by atoms with Crippen LogP contribution in [-0.2, 0) is 6.18 Å². The van der Waals surface area contributed by atoms with Crippen molar-refractivity contribution < 1.29 is 17.9 Å². The number of hydrogen-bond donors (Lipinski definition) is 1. The van der Waals surface area contributed by atoms with Crippen LogP contribution in [-0.4, -0.2) is 46.7 Å². The lowest BCUT2D eigenvalue weighted by Crippen LogP contribution is -2.44. The van der Waals surface area contributed by atoms with E-state index in [9.17, 15) is 13.2 Å². The molecule has 2 aliphatic heterocycles. The summed E-state index contributed by atoms with van der Waals surface area (Å²) in [5.74, 6) is 0.512. The molecule has 5 rings (SSSR count). The molecule has 29 heavy (non-hydrogen) atoms. The van der Waals surface area contributed by atoms with E-state index in [2.05, 4.69) is 15.3 Å². The van der Waals surface area contributed by atoms with Crippen LogP contribution in [0.15, 0.2) is 30.7 Å². The molecule has 0 radical (unpaired) electrons. The Bertz CT molecular complexity index is 1090. The Labute approximate surface area is 165 Å². The number of fused-ring (bicyclic) bond motifs is 3. The number of nitrogens with one attached hydrogen (secondary N) is 1. The van der Waals surface area contributed by atoms with Gasteiger partial charge in [-0.2, -0.15) is 13.2 Å². The van der Waals surface area contributed by atoms with Gasteiger partial charge in [0.2, 0.25) is 0 Å². The molecule has 2 atom stereocenters. The molecule has 3 aromatic rings. The summed E-state index contributed by atoms with van der Waals surface area (Å²) < 4.78 is 48.9. The number of rotatable bonds is 3. The molecule has 2 fully saturated rings. The van der Waals surface area contributed by atoms with Crippen molar-refractivity contribution in [2.24, 2.45) is 0 Å². The number of hydrogen-bond acceptors (Lipinski definition) is 5. The third kappa shape index (κ3) is 3.00. The molecular formula is C20H20F3N5O. The predicted octanol–water partition coefficient (Wildman–Crippen LogP) is 3.28. The van der Waals surface area contributed by atoms with Gasteiger partial charge in [0.25, 0.3) is 0 Å². The maximum absolute atomic E-state index is 13.9. The molecule has 0 amide bonds. The molecule has 3 aromatic heterocycles. The van der Waals surface area contributed by atoms with Crippen LogP contribution in [0.1, 0.15) is 17.7 Å². The minimum absolute atomic E-state index is 0.0155. The van der Waals surface area contributed by atoms with Gasteiger partial charge >= 0.3 is 6.18 Å². The molecule has 2 saturated heterocycles. The van der Waals surface area contributed by atoms with Crippen molar-refractivity contribution in [3.05, 3.63) is 42.0 Å². The summed E-state index contributed by atoms with van der Waals surface area (Å²) >= 11 is 0. The molecule has 0 aromatic carbocycles. The monoisotopic (exact) mass is 403 g/mol. The number of methoxy groups -OCH3 is 1. The lowest BCUT2D eigenvalue weighted by molar-refractivity contribution is -0.137. The number of ether oxygens (including phenoxy) is 1. The van der Waals surface area contributed by atoms with Gasteiger partial charge in [0.1, 0.15) is 5.82 Å². The molecule has 152 valence electrons. The fourth-order valence-electron chi connectivity index (χ4n) is 4.37. The van der Waals surface area contributed by atoms with Crippen LogP contribution < -0.4 is 15.0 Å². The van der Waals surface area contributed by atoms with E-state index in [0.717, 1.165) is 12.1 Å². The van der Waals surface area contributed by atoms with E-state index >= 15 is 0 Å². The highest BCUT2D eigenvalue weighted by Crippen LogP contribution is 2.41. The summed E-state index contributed by atoms with van der Waals surface area (Å²) in [4.78, 5) is 10.5. The van der Waals surface area contributed by atoms with E-state index in [4.69, 9.17) is 4.74 Å². The van der Waals surface area contributed by atoms with Gasteiger partial charge in [-0.05, 0) is 25.5 Å². The number of anilines is 1. The fourth-order valence-corrected chi connectivity index (χ4v) is 4.37. The van der Waals surface area contributed by atoms with Crippen LogP contribution in [0.2, 0.25) is 0 Å². The Morgan fingerprint density at radius 1 is 1.21 bits per heavy atom. The van der Waals surface area contributed by atoms with Crippen molar-refractivity contribution in [3.8, 4) is 16.9 Å². The Morgan fingerprint density at radius 3 is 2.69 bits per heavy atom. The molecule has 9 heteroatoms. The van der Waals surface area contributed by atoms with Gasteiger partial charge in [-0.25, -0.2) is 9.97 Å². The van der Waals surface area contributed by atoms with E-state index < -0.39 is 11.7 Å². The van der Waals surface area contributed by atoms with Gasteiger partial charge in [-0.3, -0.25) is 0 Å². The number of aryl methyl sites for hydroxylation is 1. The van der Waals surface area contributed by atoms with Crippen molar-refractivity contribution in [1.29, 1.82) is 0 Å². The summed E-state index contributed by atoms with van der Waals surface area (Å²) in [5.41, 5.74) is 1.68. The maximum Gasteiger partial charge on any atom is 0.419 e. The van der Waals surface area contributed by atoms with E-state index in [1.807, 2.05) is 13.1 Å². The maximum atomic E-state index is 13.9. The SMILES string of the molecule is COc1cc(-c2cnc(N3C[C@@H]4C[C@H]3CN4)c(C(F)(F)F)c2)cn2cc(C)nc12. The molecule has 5 heterocycles. The molecule has 0 unspecified atom stereocenters. The third-order valence-corrected chi connectivity index (χ3v) is 5.69. The standard InChI is InChI=1S/C20H20F3N5O/c1-11-8-27-9-13(4-17(29-2)19(27)26-11)12-3-16(20(21,22)23)18(25-6-12)28-10-14-5-15(28)7-24-14/h3-4,6,8-9,14-15,24H,5,7,10H2,1-2H3/t14-,15-/m0/s1. The highest BCUT2D eigenvalue weighted by Gasteiger charge is 2.43. The summed E-state index contributed by atoms with van der Waals surface area (Å²) in [6.45, 7) is 3.09. The van der Waals surface area contributed by atoms with E-state index in [-0.39, 0.29) is 17.9 Å². The number of aromatic nitrogens is 3. The Hall–Kier alpha value is -2.81. The second-order valence-electron chi connectivity index (χ2n) is 7.65. The first-order chi connectivity index (χ1) is 13.8. The minimum atomic E-state index is -4.49. The van der Waals surface area contributed by atoms with Gasteiger partial charge in [0.15, 0.2) is 11.4 Å². The number of pyridine rings is 2. The van der Waals surface area contributed by atoms with Crippen LogP contribution in [0, 0.1) is 6.92 Å². The molecule has 0 saturated carbocycles. The zero-order chi connectivity index (χ0) is 20.3. The molecule has 1 N–H and O–H groups in total. The average molecular weight is 403 g/mol. The molecule has 0 aliphatic carbocycles. The Balaban J connectivity index is 1.62. The first kappa shape index (κ1) is 18.2. The number of piperazine rings is 1. The van der Waals surface area contributed by atoms with Crippen molar-refractivity contribution in [2.75, 3.05) is 25.1 Å². The zero-order valence-corrected chi connectivity index (χ0v) is 16.0. The quantitative estimate of drug-likeness (QED) is 0.728. The summed E-state index contributed by atoms with van der Waals surface area (Å²) in [5, 5.41) is 3.31. The number of halogens is 3. The number of imidazole rings is 1. The van der Waals surface area contributed by atoms with Gasteiger partial charge in [0, 0.05) is 54.9 Å². The van der Waals surface area contributed by atoms with Crippen molar-refractivity contribution in [2.45, 2.75) is 31.6 Å². The summed E-state index contributed by atoms with van der Waals surface area (Å²) in [6.07, 6.45) is 1.43. The van der Waals surface area contributed by atoms with Crippen LogP contribution in [0.3, 0.4) is 0 Å². The van der Waals surface area contributed by atoms with Crippen molar-refractivity contribution in [1.82, 2.24) is 19.7 Å². The summed E-state index contributed by atoms with van der Waals surface area (Å²) in [6, 6.07) is 3.18. The number of nitrogens with zero attached hydrogens (tertiary/aromatic N) is 4. The molecule has 0 spiro atoms. The molecule has 2 bridgehead atoms. The Kier molecular flexibility index (Phi) is 3.99. The van der Waals surface area contributed by atoms with Crippen LogP contribution in [0.5, 0.6) is 5.75 Å². The average Bonchev–Trinajstić information content (AvgIpc) is 3.40. The third-order valence-electron chi connectivity index (χ3n) is 5.69. The first-order valence-corrected chi connectivity index (χ1v) is 9.44. The highest BCUT2D eigenvalue weighted by atomic mass is 19.4. The largest absolute Gasteiger partial charge is 0.493 e. The van der Waals surface area contributed by atoms with Gasteiger partial charge in [0.05, 0.1) is 18.4 Å².